The number of alkyl halides is 3. The molecule has 1 N–H and O–H groups in total. The fraction of sp³-hybridized carbons (Fsp3) is 0.636. The number of fused-ring (bicyclic) bond motifs is 1. The molecule has 0 amide bonds. The Kier molecular flexibility index (Phi) is 5.87. The summed E-state index contributed by atoms with van der Waals surface area (Å²) in [6.07, 6.45) is -1.85. The van der Waals surface area contributed by atoms with Crippen molar-refractivity contribution in [2.75, 3.05) is 6.61 Å². The summed E-state index contributed by atoms with van der Waals surface area (Å²) >= 11 is 2.09. The van der Waals surface area contributed by atoms with Gasteiger partial charge in [0.05, 0.1) is 12.0 Å². The van der Waals surface area contributed by atoms with Crippen LogP contribution in [-0.2, 0) is 24.4 Å². The molecule has 1 aromatic carbocycles. The molecular weight excluding hydrogens is 608 g/mol. The lowest BCUT2D eigenvalue weighted by Crippen LogP contribution is -2.67. The smallest absolute Gasteiger partial charge is 0.400 e. The van der Waals surface area contributed by atoms with Crippen LogP contribution in [0.5, 0.6) is 5.75 Å². The van der Waals surface area contributed by atoms with Gasteiger partial charge in [0.25, 0.3) is 5.79 Å². The first-order valence-corrected chi connectivity index (χ1v) is 13.7. The molecule has 0 aromatic heterocycles. The van der Waals surface area contributed by atoms with Crippen LogP contribution in [0, 0.1) is 26.7 Å². The molecule has 4 fully saturated rings. The average Bonchev–Trinajstić information content (AvgIpc) is 2.76. The van der Waals surface area contributed by atoms with Gasteiger partial charge in [0.2, 0.25) is 0 Å². The first-order valence-electron chi connectivity index (χ1n) is 11.2. The number of halogens is 4. The zero-order valence-electron chi connectivity index (χ0n) is 18.2. The Morgan fingerprint density at radius 2 is 1.89 bits per heavy atom. The Hall–Kier alpha value is -1.61. The van der Waals surface area contributed by atoms with Crippen molar-refractivity contribution >= 4 is 44.6 Å². The molecule has 1 heterocycles. The largest absolute Gasteiger partial charge is 0.465 e. The van der Waals surface area contributed by atoms with Gasteiger partial charge < -0.3 is 14.2 Å². The van der Waals surface area contributed by atoms with E-state index in [4.69, 9.17) is 18.8 Å². The van der Waals surface area contributed by atoms with Crippen molar-refractivity contribution < 1.29 is 49.9 Å². The van der Waals surface area contributed by atoms with Crippen LogP contribution >= 0.6 is 22.6 Å². The number of esters is 2. The molecule has 4 saturated carbocycles. The summed E-state index contributed by atoms with van der Waals surface area (Å²) in [5, 5.41) is -5.00. The standard InChI is InChI=1S/C22H22F3IO8S/c23-17(22(24,25)35(29,30)31)3-4-32-19(28)20-8-11-5-12(9-20)21(13(6-11)10-20)33-16-2-1-14(26)7-15(16)18(27)34-21/h1-2,7,11-13,17H,3-6,8-10H2,(H,29,30,31). The van der Waals surface area contributed by atoms with Crippen LogP contribution in [0.3, 0.4) is 0 Å². The highest BCUT2D eigenvalue weighted by Gasteiger charge is 2.69. The van der Waals surface area contributed by atoms with Crippen LogP contribution in [0.1, 0.15) is 48.9 Å². The van der Waals surface area contributed by atoms with Crippen LogP contribution in [0.15, 0.2) is 18.2 Å². The molecule has 1 spiro atoms. The molecule has 3 atom stereocenters. The van der Waals surface area contributed by atoms with E-state index in [9.17, 15) is 31.2 Å². The molecule has 0 radical (unpaired) electrons. The van der Waals surface area contributed by atoms with E-state index in [0.717, 1.165) is 3.57 Å². The normalized spacial score (nSPS) is 34.2. The highest BCUT2D eigenvalue weighted by Crippen LogP contribution is 2.66. The number of carbonyl (C=O) groups excluding carboxylic acids is 2. The summed E-state index contributed by atoms with van der Waals surface area (Å²) in [5.41, 5.74) is -0.603. The fourth-order valence-corrected chi connectivity index (χ4v) is 7.32. The zero-order valence-corrected chi connectivity index (χ0v) is 21.2. The molecule has 0 saturated heterocycles. The molecular formula is C22H22F3IO8S. The highest BCUT2D eigenvalue weighted by atomic mass is 127. The number of rotatable bonds is 6. The van der Waals surface area contributed by atoms with Crippen molar-refractivity contribution in [3.8, 4) is 5.75 Å². The number of ether oxygens (including phenoxy) is 3. The van der Waals surface area contributed by atoms with Gasteiger partial charge in [-0.1, -0.05) is 0 Å². The van der Waals surface area contributed by atoms with Gasteiger partial charge in [0, 0.05) is 21.8 Å². The van der Waals surface area contributed by atoms with Gasteiger partial charge in [0.1, 0.15) is 11.3 Å². The maximum Gasteiger partial charge on any atom is 0.400 e. The first-order chi connectivity index (χ1) is 16.3. The zero-order chi connectivity index (χ0) is 25.4. The summed E-state index contributed by atoms with van der Waals surface area (Å²) in [4.78, 5) is 25.9. The van der Waals surface area contributed by atoms with Gasteiger partial charge in [-0.15, -0.1) is 0 Å². The van der Waals surface area contributed by atoms with Crippen molar-refractivity contribution in [3.05, 3.63) is 27.3 Å². The van der Waals surface area contributed by atoms with Crippen LogP contribution in [0.4, 0.5) is 13.2 Å². The molecule has 4 aliphatic carbocycles. The third kappa shape index (κ3) is 3.92. The Balaban J connectivity index is 1.30. The molecule has 192 valence electrons. The van der Waals surface area contributed by atoms with Crippen LogP contribution < -0.4 is 4.74 Å². The number of hydrogen-bond donors (Lipinski definition) is 1. The average molecular weight is 630 g/mol. The van der Waals surface area contributed by atoms with E-state index in [2.05, 4.69) is 22.6 Å². The van der Waals surface area contributed by atoms with Crippen molar-refractivity contribution in [2.45, 2.75) is 55.7 Å². The third-order valence-electron chi connectivity index (χ3n) is 7.76. The molecule has 3 unspecified atom stereocenters. The van der Waals surface area contributed by atoms with Gasteiger partial charge in [-0.05, 0) is 78.8 Å². The second-order valence-electron chi connectivity index (χ2n) is 9.91. The van der Waals surface area contributed by atoms with Crippen LogP contribution in [-0.4, -0.2) is 48.7 Å². The molecule has 35 heavy (non-hydrogen) atoms. The Bertz CT molecular complexity index is 1170. The fourth-order valence-electron chi connectivity index (χ4n) is 6.39. The molecule has 4 bridgehead atoms. The van der Waals surface area contributed by atoms with Gasteiger partial charge in [-0.3, -0.25) is 9.35 Å². The summed E-state index contributed by atoms with van der Waals surface area (Å²) in [7, 11) is -5.94. The van der Waals surface area contributed by atoms with Gasteiger partial charge in [-0.25, -0.2) is 9.18 Å². The lowest BCUT2D eigenvalue weighted by atomic mass is 9.47. The van der Waals surface area contributed by atoms with E-state index < -0.39 is 57.7 Å². The van der Waals surface area contributed by atoms with Crippen LogP contribution in [0.2, 0.25) is 0 Å². The summed E-state index contributed by atoms with van der Waals surface area (Å²) in [6, 6.07) is 5.23. The van der Waals surface area contributed by atoms with Crippen molar-refractivity contribution in [1.29, 1.82) is 0 Å². The predicted octanol–water partition coefficient (Wildman–Crippen LogP) is 4.12. The van der Waals surface area contributed by atoms with E-state index in [1.165, 1.54) is 0 Å². The summed E-state index contributed by atoms with van der Waals surface area (Å²) in [6.45, 7) is -0.768. The topological polar surface area (TPSA) is 116 Å². The lowest BCUT2D eigenvalue weighted by Gasteiger charge is -2.62. The van der Waals surface area contributed by atoms with Gasteiger partial charge in [0.15, 0.2) is 6.17 Å². The molecule has 8 nitrogen and oxygen atoms in total. The number of benzene rings is 1. The second kappa shape index (κ2) is 8.20. The lowest BCUT2D eigenvalue weighted by molar-refractivity contribution is -0.294. The third-order valence-corrected chi connectivity index (χ3v) is 9.37. The monoisotopic (exact) mass is 630 g/mol. The number of carbonyl (C=O) groups is 2. The summed E-state index contributed by atoms with van der Waals surface area (Å²) < 4.78 is 88.7. The molecule has 1 aliphatic heterocycles. The van der Waals surface area contributed by atoms with E-state index in [1.54, 1.807) is 12.1 Å². The van der Waals surface area contributed by atoms with Crippen molar-refractivity contribution in [2.24, 2.45) is 23.2 Å². The van der Waals surface area contributed by atoms with Gasteiger partial charge >= 0.3 is 27.3 Å². The number of hydrogen-bond acceptors (Lipinski definition) is 7. The molecule has 1 aromatic rings. The molecule has 5 aliphatic rings. The minimum Gasteiger partial charge on any atom is -0.465 e. The summed E-state index contributed by atoms with van der Waals surface area (Å²) in [5.74, 6) is -2.33. The van der Waals surface area contributed by atoms with Crippen LogP contribution in [0.25, 0.3) is 0 Å². The molecule has 13 heteroatoms. The van der Waals surface area contributed by atoms with E-state index >= 15 is 0 Å². The van der Waals surface area contributed by atoms with E-state index in [-0.39, 0.29) is 17.8 Å². The molecule has 6 rings (SSSR count). The maximum absolute atomic E-state index is 13.8. The van der Waals surface area contributed by atoms with Gasteiger partial charge in [-0.2, -0.15) is 17.2 Å². The first kappa shape index (κ1) is 25.1. The minimum absolute atomic E-state index is 0.156. The second-order valence-corrected chi connectivity index (χ2v) is 12.6. The Morgan fingerprint density at radius 3 is 2.51 bits per heavy atom. The van der Waals surface area contributed by atoms with E-state index in [1.807, 2.05) is 6.07 Å². The quantitative estimate of drug-likeness (QED) is 0.284. The minimum atomic E-state index is -5.94. The van der Waals surface area contributed by atoms with Crippen molar-refractivity contribution in [1.82, 2.24) is 0 Å². The van der Waals surface area contributed by atoms with E-state index in [0.29, 0.717) is 43.4 Å². The SMILES string of the molecule is O=C1OC2(Oc3ccc(I)cc31)C1CC3CC2CC(C(=O)OCCC(F)C(F)(F)S(=O)(=O)O)(C3)C1. The van der Waals surface area contributed by atoms with Crippen molar-refractivity contribution in [3.63, 3.8) is 0 Å². The Labute approximate surface area is 212 Å². The maximum atomic E-state index is 13.8. The highest BCUT2D eigenvalue weighted by molar-refractivity contribution is 14.1. The predicted molar refractivity (Wildman–Crippen MR) is 121 cm³/mol. The Morgan fingerprint density at radius 1 is 1.23 bits per heavy atom.